The summed E-state index contributed by atoms with van der Waals surface area (Å²) in [5, 5.41) is 16.2. The number of furan rings is 1. The summed E-state index contributed by atoms with van der Waals surface area (Å²) in [6.45, 7) is 1.71. The fraction of sp³-hybridized carbons (Fsp3) is 0.130. The van der Waals surface area contributed by atoms with Crippen LogP contribution in [0.3, 0.4) is 0 Å². The second kappa shape index (κ2) is 8.23. The first kappa shape index (κ1) is 22.3. The van der Waals surface area contributed by atoms with Crippen LogP contribution in [0, 0.1) is 6.92 Å². The zero-order valence-corrected chi connectivity index (χ0v) is 18.5. The lowest BCUT2D eigenvalue weighted by Crippen LogP contribution is -2.29. The number of aliphatic hydroxyl groups excluding tert-OH is 1. The lowest BCUT2D eigenvalue weighted by atomic mass is 9.99. The predicted octanol–water partition coefficient (Wildman–Crippen LogP) is 2.87. The van der Waals surface area contributed by atoms with Gasteiger partial charge in [-0.15, -0.1) is 0 Å². The molecule has 0 saturated carbocycles. The quantitative estimate of drug-likeness (QED) is 0.333. The van der Waals surface area contributed by atoms with E-state index < -0.39 is 33.5 Å². The van der Waals surface area contributed by atoms with Crippen LogP contribution in [0.15, 0.2) is 75.5 Å². The third-order valence-electron chi connectivity index (χ3n) is 5.26. The first-order chi connectivity index (χ1) is 15.6. The molecule has 10 heteroatoms. The summed E-state index contributed by atoms with van der Waals surface area (Å²) >= 11 is 0. The molecule has 1 aliphatic rings. The lowest BCUT2D eigenvalue weighted by molar-refractivity contribution is -0.132. The molecule has 1 amide bonds. The minimum absolute atomic E-state index is 0.149. The van der Waals surface area contributed by atoms with Crippen LogP contribution in [0.2, 0.25) is 0 Å². The molecule has 170 valence electrons. The van der Waals surface area contributed by atoms with Gasteiger partial charge in [-0.2, -0.15) is 0 Å². The largest absolute Gasteiger partial charge is 0.507 e. The number of hydrogen-bond acceptors (Lipinski definition) is 7. The standard InChI is InChI=1S/C23H20N2O7S/c1-13-6-11-18(32-13)20-19(21(26)14-4-3-5-16(12-14)31-2)22(27)23(28)25(20)15-7-9-17(10-8-15)33(24,29)30/h3-12,20,26H,1-2H3,(H2,24,29,30)/b21-19-. The van der Waals surface area contributed by atoms with Crippen molar-refractivity contribution in [2.75, 3.05) is 12.0 Å². The van der Waals surface area contributed by atoms with Crippen LogP contribution >= 0.6 is 0 Å². The van der Waals surface area contributed by atoms with Crippen LogP contribution in [0.1, 0.15) is 23.1 Å². The van der Waals surface area contributed by atoms with Crippen molar-refractivity contribution in [3.05, 3.63) is 83.3 Å². The van der Waals surface area contributed by atoms with E-state index >= 15 is 0 Å². The van der Waals surface area contributed by atoms with E-state index in [1.54, 1.807) is 37.3 Å². The number of rotatable bonds is 5. The number of sulfonamides is 1. The average molecular weight is 468 g/mol. The van der Waals surface area contributed by atoms with Crippen LogP contribution in [0.4, 0.5) is 5.69 Å². The molecule has 1 aliphatic heterocycles. The summed E-state index contributed by atoms with van der Waals surface area (Å²) in [5.41, 5.74) is 0.344. The maximum Gasteiger partial charge on any atom is 0.300 e. The molecule has 3 aromatic rings. The van der Waals surface area contributed by atoms with Crippen molar-refractivity contribution in [3.8, 4) is 5.75 Å². The number of aliphatic hydroxyl groups is 1. The van der Waals surface area contributed by atoms with E-state index in [0.29, 0.717) is 11.5 Å². The Morgan fingerprint density at radius 2 is 1.79 bits per heavy atom. The van der Waals surface area contributed by atoms with E-state index in [4.69, 9.17) is 14.3 Å². The normalized spacial score (nSPS) is 18.0. The molecule has 0 bridgehead atoms. The van der Waals surface area contributed by atoms with Crippen molar-refractivity contribution in [1.29, 1.82) is 0 Å². The van der Waals surface area contributed by atoms with Gasteiger partial charge in [0.2, 0.25) is 10.0 Å². The second-order valence-electron chi connectivity index (χ2n) is 7.39. The smallest absolute Gasteiger partial charge is 0.300 e. The highest BCUT2D eigenvalue weighted by atomic mass is 32.2. The fourth-order valence-electron chi connectivity index (χ4n) is 3.69. The molecule has 0 spiro atoms. The Balaban J connectivity index is 1.91. The predicted molar refractivity (Wildman–Crippen MR) is 119 cm³/mol. The van der Waals surface area contributed by atoms with Crippen molar-refractivity contribution in [3.63, 3.8) is 0 Å². The Bertz CT molecular complexity index is 1390. The molecule has 1 saturated heterocycles. The number of hydrogen-bond donors (Lipinski definition) is 2. The summed E-state index contributed by atoms with van der Waals surface area (Å²) in [7, 11) is -2.48. The first-order valence-electron chi connectivity index (χ1n) is 9.76. The summed E-state index contributed by atoms with van der Waals surface area (Å²) in [4.78, 5) is 27.1. The Morgan fingerprint density at radius 1 is 1.09 bits per heavy atom. The number of methoxy groups -OCH3 is 1. The number of carbonyl (C=O) groups excluding carboxylic acids is 2. The maximum atomic E-state index is 13.1. The summed E-state index contributed by atoms with van der Waals surface area (Å²) < 4.78 is 34.1. The van der Waals surface area contributed by atoms with E-state index in [0.717, 1.165) is 4.90 Å². The maximum absolute atomic E-state index is 13.1. The van der Waals surface area contributed by atoms with Gasteiger partial charge in [-0.25, -0.2) is 13.6 Å². The highest BCUT2D eigenvalue weighted by Gasteiger charge is 2.48. The highest BCUT2D eigenvalue weighted by Crippen LogP contribution is 2.43. The van der Waals surface area contributed by atoms with Crippen LogP contribution < -0.4 is 14.8 Å². The number of nitrogens with two attached hydrogens (primary N) is 1. The highest BCUT2D eigenvalue weighted by molar-refractivity contribution is 7.89. The van der Waals surface area contributed by atoms with Gasteiger partial charge in [0.25, 0.3) is 11.7 Å². The van der Waals surface area contributed by atoms with E-state index in [1.807, 2.05) is 0 Å². The molecule has 1 atom stereocenters. The number of primary sulfonamides is 1. The number of nitrogens with zero attached hydrogens (tertiary/aromatic N) is 1. The first-order valence-corrected chi connectivity index (χ1v) is 11.3. The van der Waals surface area contributed by atoms with Gasteiger partial charge >= 0.3 is 0 Å². The fourth-order valence-corrected chi connectivity index (χ4v) is 4.21. The third kappa shape index (κ3) is 4.01. The molecule has 2 heterocycles. The van der Waals surface area contributed by atoms with Crippen molar-refractivity contribution in [2.24, 2.45) is 5.14 Å². The third-order valence-corrected chi connectivity index (χ3v) is 6.19. The molecule has 9 nitrogen and oxygen atoms in total. The number of ether oxygens (including phenoxy) is 1. The van der Waals surface area contributed by atoms with E-state index in [1.165, 1.54) is 37.4 Å². The average Bonchev–Trinajstić information content (AvgIpc) is 3.33. The number of carbonyl (C=O) groups is 2. The minimum Gasteiger partial charge on any atom is -0.507 e. The Hall–Kier alpha value is -3.89. The number of Topliss-reactive ketones (excluding diaryl/α,β-unsaturated/α-hetero) is 1. The molecule has 1 unspecified atom stereocenters. The van der Waals surface area contributed by atoms with E-state index in [-0.39, 0.29) is 27.5 Å². The van der Waals surface area contributed by atoms with Gasteiger partial charge < -0.3 is 14.3 Å². The van der Waals surface area contributed by atoms with Crippen LogP contribution in [-0.4, -0.2) is 32.3 Å². The summed E-state index contributed by atoms with van der Waals surface area (Å²) in [6.07, 6.45) is 0. The zero-order chi connectivity index (χ0) is 23.9. The lowest BCUT2D eigenvalue weighted by Gasteiger charge is -2.23. The summed E-state index contributed by atoms with van der Waals surface area (Å²) in [6, 6.07) is 13.8. The Morgan fingerprint density at radius 3 is 2.36 bits per heavy atom. The second-order valence-corrected chi connectivity index (χ2v) is 8.95. The number of amides is 1. The van der Waals surface area contributed by atoms with Gasteiger partial charge in [0.1, 0.15) is 29.1 Å². The topological polar surface area (TPSA) is 140 Å². The van der Waals surface area contributed by atoms with Crippen molar-refractivity contribution >= 4 is 33.2 Å². The van der Waals surface area contributed by atoms with Crippen molar-refractivity contribution < 1.29 is 32.3 Å². The van der Waals surface area contributed by atoms with Crippen LogP contribution in [0.5, 0.6) is 5.75 Å². The van der Waals surface area contributed by atoms with Crippen molar-refractivity contribution in [1.82, 2.24) is 0 Å². The number of aryl methyl sites for hydroxylation is 1. The molecule has 2 aromatic carbocycles. The van der Waals surface area contributed by atoms with Crippen molar-refractivity contribution in [2.45, 2.75) is 17.9 Å². The molecule has 3 N–H and O–H groups in total. The number of anilines is 1. The molecular weight excluding hydrogens is 448 g/mol. The summed E-state index contributed by atoms with van der Waals surface area (Å²) in [5.74, 6) is -0.952. The van der Waals surface area contributed by atoms with E-state index in [2.05, 4.69) is 0 Å². The van der Waals surface area contributed by atoms with Gasteiger partial charge in [-0.3, -0.25) is 14.5 Å². The molecule has 1 aromatic heterocycles. The molecule has 0 aliphatic carbocycles. The van der Waals surface area contributed by atoms with Crippen LogP contribution in [0.25, 0.3) is 5.76 Å². The molecule has 33 heavy (non-hydrogen) atoms. The van der Waals surface area contributed by atoms with Gasteiger partial charge in [-0.05, 0) is 55.5 Å². The van der Waals surface area contributed by atoms with Gasteiger partial charge in [0, 0.05) is 11.3 Å². The monoisotopic (exact) mass is 468 g/mol. The molecule has 1 fully saturated rings. The molecular formula is C23H20N2O7S. The molecule has 0 radical (unpaired) electrons. The molecule has 4 rings (SSSR count). The SMILES string of the molecule is COc1cccc(/C(O)=C2/C(=O)C(=O)N(c3ccc(S(N)(=O)=O)cc3)C2c2ccc(C)o2)c1. The Labute approximate surface area is 189 Å². The van der Waals surface area contributed by atoms with Gasteiger partial charge in [0.15, 0.2) is 0 Å². The van der Waals surface area contributed by atoms with Gasteiger partial charge in [-0.1, -0.05) is 12.1 Å². The minimum atomic E-state index is -3.95. The number of ketones is 1. The van der Waals surface area contributed by atoms with E-state index in [9.17, 15) is 23.1 Å². The Kier molecular flexibility index (Phi) is 5.56. The zero-order valence-electron chi connectivity index (χ0n) is 17.7. The number of benzene rings is 2. The van der Waals surface area contributed by atoms with Crippen LogP contribution in [-0.2, 0) is 19.6 Å². The van der Waals surface area contributed by atoms with Gasteiger partial charge in [0.05, 0.1) is 17.6 Å².